The number of rotatable bonds is 4. The summed E-state index contributed by atoms with van der Waals surface area (Å²) in [6, 6.07) is 0.766. The lowest BCUT2D eigenvalue weighted by atomic mass is 10.1. The van der Waals surface area contributed by atoms with E-state index in [1.165, 1.54) is 38.9 Å². The van der Waals surface area contributed by atoms with Crippen LogP contribution < -0.4 is 5.32 Å². The van der Waals surface area contributed by atoms with Gasteiger partial charge in [0.15, 0.2) is 0 Å². The average molecular weight is 196 g/mol. The van der Waals surface area contributed by atoms with Crippen LogP contribution >= 0.6 is 0 Å². The maximum atomic E-state index is 3.58. The number of nitrogens with one attached hydrogen (secondary N) is 1. The summed E-state index contributed by atoms with van der Waals surface area (Å²) in [5, 5.41) is 3.58. The van der Waals surface area contributed by atoms with Gasteiger partial charge in [-0.3, -0.25) is 0 Å². The molecule has 0 aromatic carbocycles. The van der Waals surface area contributed by atoms with Crippen LogP contribution in [0.25, 0.3) is 0 Å². The SMILES string of the molecule is CCNC1CCCN(CC2CC2C)C1. The van der Waals surface area contributed by atoms with Crippen LogP contribution in [0.15, 0.2) is 0 Å². The zero-order valence-corrected chi connectivity index (χ0v) is 9.63. The van der Waals surface area contributed by atoms with E-state index in [2.05, 4.69) is 24.1 Å². The molecular weight excluding hydrogens is 172 g/mol. The molecule has 82 valence electrons. The minimum absolute atomic E-state index is 0.766. The van der Waals surface area contributed by atoms with Crippen molar-refractivity contribution in [1.82, 2.24) is 10.2 Å². The zero-order valence-electron chi connectivity index (χ0n) is 9.63. The fourth-order valence-corrected chi connectivity index (χ4v) is 2.66. The van der Waals surface area contributed by atoms with E-state index >= 15 is 0 Å². The lowest BCUT2D eigenvalue weighted by molar-refractivity contribution is 0.183. The molecule has 1 saturated carbocycles. The van der Waals surface area contributed by atoms with Crippen molar-refractivity contribution in [3.8, 4) is 0 Å². The standard InChI is InChI=1S/C12H24N2/c1-3-13-12-5-4-6-14(9-12)8-11-7-10(11)2/h10-13H,3-9H2,1-2H3. The Balaban J connectivity index is 1.70. The third-order valence-electron chi connectivity index (χ3n) is 3.77. The summed E-state index contributed by atoms with van der Waals surface area (Å²) < 4.78 is 0. The van der Waals surface area contributed by atoms with Gasteiger partial charge < -0.3 is 10.2 Å². The average Bonchev–Trinajstić information content (AvgIpc) is 2.83. The molecule has 0 aromatic heterocycles. The molecule has 0 spiro atoms. The fraction of sp³-hybridized carbons (Fsp3) is 1.00. The van der Waals surface area contributed by atoms with Crippen molar-refractivity contribution < 1.29 is 0 Å². The highest BCUT2D eigenvalue weighted by Crippen LogP contribution is 2.38. The van der Waals surface area contributed by atoms with Gasteiger partial charge in [-0.25, -0.2) is 0 Å². The van der Waals surface area contributed by atoms with Crippen LogP contribution in [0.2, 0.25) is 0 Å². The first kappa shape index (κ1) is 10.4. The lowest BCUT2D eigenvalue weighted by Crippen LogP contribution is -2.46. The van der Waals surface area contributed by atoms with E-state index in [4.69, 9.17) is 0 Å². The highest BCUT2D eigenvalue weighted by atomic mass is 15.2. The Morgan fingerprint density at radius 2 is 2.21 bits per heavy atom. The second-order valence-corrected chi connectivity index (χ2v) is 5.13. The van der Waals surface area contributed by atoms with Crippen molar-refractivity contribution in [1.29, 1.82) is 0 Å². The van der Waals surface area contributed by atoms with Crippen LogP contribution in [0, 0.1) is 11.8 Å². The molecule has 1 aliphatic heterocycles. The summed E-state index contributed by atoms with van der Waals surface area (Å²) in [7, 11) is 0. The fourth-order valence-electron chi connectivity index (χ4n) is 2.66. The first-order valence-corrected chi connectivity index (χ1v) is 6.25. The molecule has 1 aliphatic carbocycles. The Labute approximate surface area is 88.1 Å². The molecule has 1 saturated heterocycles. The molecule has 0 aromatic rings. The van der Waals surface area contributed by atoms with Gasteiger partial charge in [0.25, 0.3) is 0 Å². The molecule has 2 rings (SSSR count). The zero-order chi connectivity index (χ0) is 9.97. The lowest BCUT2D eigenvalue weighted by Gasteiger charge is -2.33. The van der Waals surface area contributed by atoms with E-state index in [0.29, 0.717) is 0 Å². The van der Waals surface area contributed by atoms with Gasteiger partial charge in [0.2, 0.25) is 0 Å². The maximum Gasteiger partial charge on any atom is 0.0195 e. The van der Waals surface area contributed by atoms with Gasteiger partial charge in [-0.15, -0.1) is 0 Å². The van der Waals surface area contributed by atoms with Crippen molar-refractivity contribution in [2.24, 2.45) is 11.8 Å². The summed E-state index contributed by atoms with van der Waals surface area (Å²) >= 11 is 0. The van der Waals surface area contributed by atoms with Crippen LogP contribution in [0.5, 0.6) is 0 Å². The van der Waals surface area contributed by atoms with Gasteiger partial charge in [-0.2, -0.15) is 0 Å². The van der Waals surface area contributed by atoms with Crippen LogP contribution in [-0.4, -0.2) is 37.1 Å². The summed E-state index contributed by atoms with van der Waals surface area (Å²) in [6.07, 6.45) is 4.24. The van der Waals surface area contributed by atoms with Gasteiger partial charge in [0.05, 0.1) is 0 Å². The number of hydrogen-bond donors (Lipinski definition) is 1. The Kier molecular flexibility index (Phi) is 3.45. The largest absolute Gasteiger partial charge is 0.313 e. The van der Waals surface area contributed by atoms with Gasteiger partial charge >= 0.3 is 0 Å². The second-order valence-electron chi connectivity index (χ2n) is 5.13. The van der Waals surface area contributed by atoms with E-state index in [9.17, 15) is 0 Å². The Morgan fingerprint density at radius 3 is 2.86 bits per heavy atom. The first-order valence-electron chi connectivity index (χ1n) is 6.25. The molecular formula is C12H24N2. The first-order chi connectivity index (χ1) is 6.79. The summed E-state index contributed by atoms with van der Waals surface area (Å²) in [5.74, 6) is 2.03. The Morgan fingerprint density at radius 1 is 1.43 bits per heavy atom. The van der Waals surface area contributed by atoms with E-state index < -0.39 is 0 Å². The number of likely N-dealkylation sites (tertiary alicyclic amines) is 1. The highest BCUT2D eigenvalue weighted by Gasteiger charge is 2.34. The van der Waals surface area contributed by atoms with Crippen LogP contribution in [-0.2, 0) is 0 Å². The van der Waals surface area contributed by atoms with Crippen molar-refractivity contribution in [2.45, 2.75) is 39.2 Å². The van der Waals surface area contributed by atoms with Crippen molar-refractivity contribution >= 4 is 0 Å². The van der Waals surface area contributed by atoms with Gasteiger partial charge in [-0.1, -0.05) is 13.8 Å². The summed E-state index contributed by atoms with van der Waals surface area (Å²) in [5.41, 5.74) is 0. The molecule has 0 bridgehead atoms. The molecule has 1 N–H and O–H groups in total. The molecule has 3 atom stereocenters. The molecule has 0 amide bonds. The molecule has 2 aliphatic rings. The number of hydrogen-bond acceptors (Lipinski definition) is 2. The van der Waals surface area contributed by atoms with Crippen LogP contribution in [0.4, 0.5) is 0 Å². The molecule has 14 heavy (non-hydrogen) atoms. The topological polar surface area (TPSA) is 15.3 Å². The number of piperidine rings is 1. The maximum absolute atomic E-state index is 3.58. The monoisotopic (exact) mass is 196 g/mol. The molecule has 0 radical (unpaired) electrons. The summed E-state index contributed by atoms with van der Waals surface area (Å²) in [6.45, 7) is 9.71. The third-order valence-corrected chi connectivity index (χ3v) is 3.77. The minimum atomic E-state index is 0.766. The summed E-state index contributed by atoms with van der Waals surface area (Å²) in [4.78, 5) is 2.67. The third kappa shape index (κ3) is 2.71. The van der Waals surface area contributed by atoms with Gasteiger partial charge in [0.1, 0.15) is 0 Å². The minimum Gasteiger partial charge on any atom is -0.313 e. The molecule has 1 heterocycles. The van der Waals surface area contributed by atoms with Crippen LogP contribution in [0.3, 0.4) is 0 Å². The smallest absolute Gasteiger partial charge is 0.0195 e. The predicted molar refractivity (Wildman–Crippen MR) is 60.4 cm³/mol. The Hall–Kier alpha value is -0.0800. The van der Waals surface area contributed by atoms with E-state index in [1.54, 1.807) is 0 Å². The molecule has 2 heteroatoms. The van der Waals surface area contributed by atoms with Crippen LogP contribution in [0.1, 0.15) is 33.1 Å². The van der Waals surface area contributed by atoms with E-state index in [-0.39, 0.29) is 0 Å². The predicted octanol–water partition coefficient (Wildman–Crippen LogP) is 1.72. The van der Waals surface area contributed by atoms with Gasteiger partial charge in [0, 0.05) is 19.1 Å². The molecule has 3 unspecified atom stereocenters. The van der Waals surface area contributed by atoms with E-state index in [1.807, 2.05) is 0 Å². The molecule has 2 nitrogen and oxygen atoms in total. The van der Waals surface area contributed by atoms with Crippen molar-refractivity contribution in [3.63, 3.8) is 0 Å². The normalized spacial score (nSPS) is 38.6. The molecule has 2 fully saturated rings. The second kappa shape index (κ2) is 4.63. The van der Waals surface area contributed by atoms with Crippen molar-refractivity contribution in [3.05, 3.63) is 0 Å². The van der Waals surface area contributed by atoms with E-state index in [0.717, 1.165) is 24.4 Å². The quantitative estimate of drug-likeness (QED) is 0.736. The van der Waals surface area contributed by atoms with Gasteiger partial charge in [-0.05, 0) is 44.2 Å². The van der Waals surface area contributed by atoms with Crippen molar-refractivity contribution in [2.75, 3.05) is 26.2 Å². The number of nitrogens with zero attached hydrogens (tertiary/aromatic N) is 1. The number of likely N-dealkylation sites (N-methyl/N-ethyl adjacent to an activating group) is 1. The highest BCUT2D eigenvalue weighted by molar-refractivity contribution is 4.87. The Bertz CT molecular complexity index is 179.